The molecular formula is C17H20N4S2. The Bertz CT molecular complexity index is 606. The van der Waals surface area contributed by atoms with Gasteiger partial charge in [0, 0.05) is 25.5 Å². The molecule has 0 aliphatic heterocycles. The fraction of sp³-hybridized carbons (Fsp3) is 0.176. The Balaban J connectivity index is 1.96. The van der Waals surface area contributed by atoms with Crippen LogP contribution in [0.2, 0.25) is 0 Å². The van der Waals surface area contributed by atoms with E-state index in [0.717, 1.165) is 17.8 Å². The van der Waals surface area contributed by atoms with E-state index in [2.05, 4.69) is 45.5 Å². The van der Waals surface area contributed by atoms with E-state index in [1.165, 1.54) is 11.1 Å². The molecule has 6 heteroatoms. The van der Waals surface area contributed by atoms with Gasteiger partial charge >= 0.3 is 0 Å². The van der Waals surface area contributed by atoms with Crippen molar-refractivity contribution in [3.05, 3.63) is 59.7 Å². The molecule has 0 aliphatic rings. The first-order valence-corrected chi connectivity index (χ1v) is 8.07. The van der Waals surface area contributed by atoms with Crippen molar-refractivity contribution in [1.82, 2.24) is 10.6 Å². The Kier molecular flexibility index (Phi) is 6.31. The number of rotatable bonds is 4. The van der Waals surface area contributed by atoms with Gasteiger partial charge in [0.15, 0.2) is 10.2 Å². The molecule has 4 nitrogen and oxygen atoms in total. The van der Waals surface area contributed by atoms with Crippen molar-refractivity contribution >= 4 is 46.0 Å². The summed E-state index contributed by atoms with van der Waals surface area (Å²) in [5.74, 6) is 0. The molecule has 0 saturated carbocycles. The summed E-state index contributed by atoms with van der Waals surface area (Å²) in [5.41, 5.74) is 4.45. The minimum atomic E-state index is 0.611. The Morgan fingerprint density at radius 1 is 0.696 bits per heavy atom. The van der Waals surface area contributed by atoms with Crippen molar-refractivity contribution in [2.45, 2.75) is 6.42 Å². The zero-order valence-electron chi connectivity index (χ0n) is 13.1. The third-order valence-electron chi connectivity index (χ3n) is 3.29. The van der Waals surface area contributed by atoms with Crippen LogP contribution in [0.4, 0.5) is 11.4 Å². The first-order valence-electron chi connectivity index (χ1n) is 7.26. The van der Waals surface area contributed by atoms with Gasteiger partial charge in [0.05, 0.1) is 0 Å². The van der Waals surface area contributed by atoms with E-state index < -0.39 is 0 Å². The van der Waals surface area contributed by atoms with Crippen molar-refractivity contribution in [2.75, 3.05) is 24.7 Å². The Hall–Kier alpha value is -2.18. The lowest BCUT2D eigenvalue weighted by molar-refractivity contribution is 1.18. The van der Waals surface area contributed by atoms with Crippen LogP contribution >= 0.6 is 24.4 Å². The van der Waals surface area contributed by atoms with Gasteiger partial charge in [-0.3, -0.25) is 0 Å². The fourth-order valence-electron chi connectivity index (χ4n) is 2.03. The highest BCUT2D eigenvalue weighted by Gasteiger charge is 2.00. The van der Waals surface area contributed by atoms with Crippen LogP contribution in [0.1, 0.15) is 11.1 Å². The van der Waals surface area contributed by atoms with Crippen LogP contribution in [-0.4, -0.2) is 24.3 Å². The fourth-order valence-corrected chi connectivity index (χ4v) is 2.27. The molecule has 0 fully saturated rings. The van der Waals surface area contributed by atoms with Crippen LogP contribution in [0.5, 0.6) is 0 Å². The molecule has 2 aromatic carbocycles. The first-order chi connectivity index (χ1) is 11.1. The average molecular weight is 345 g/mol. The third-order valence-corrected chi connectivity index (χ3v) is 3.90. The molecule has 0 heterocycles. The van der Waals surface area contributed by atoms with E-state index in [4.69, 9.17) is 24.4 Å². The normalized spacial score (nSPS) is 9.83. The maximum Gasteiger partial charge on any atom is 0.170 e. The lowest BCUT2D eigenvalue weighted by atomic mass is 10.0. The maximum absolute atomic E-state index is 5.08. The van der Waals surface area contributed by atoms with Gasteiger partial charge in [-0.2, -0.15) is 0 Å². The van der Waals surface area contributed by atoms with Gasteiger partial charge < -0.3 is 21.3 Å². The predicted octanol–water partition coefficient (Wildman–Crippen LogP) is 3.11. The van der Waals surface area contributed by atoms with Crippen molar-refractivity contribution in [2.24, 2.45) is 0 Å². The van der Waals surface area contributed by atoms with Gasteiger partial charge in [-0.1, -0.05) is 24.3 Å². The highest BCUT2D eigenvalue weighted by molar-refractivity contribution is 7.80. The Morgan fingerprint density at radius 2 is 1.04 bits per heavy atom. The van der Waals surface area contributed by atoms with E-state index in [9.17, 15) is 0 Å². The largest absolute Gasteiger partial charge is 0.366 e. The summed E-state index contributed by atoms with van der Waals surface area (Å²) < 4.78 is 0. The highest BCUT2D eigenvalue weighted by atomic mass is 32.1. The number of thiocarbonyl (C=S) groups is 2. The second-order valence-corrected chi connectivity index (χ2v) is 5.80. The highest BCUT2D eigenvalue weighted by Crippen LogP contribution is 2.16. The topological polar surface area (TPSA) is 48.1 Å². The van der Waals surface area contributed by atoms with Crippen LogP contribution in [-0.2, 0) is 6.42 Å². The number of hydrogen-bond acceptors (Lipinski definition) is 2. The minimum absolute atomic E-state index is 0.611. The SMILES string of the molecule is CNC(=S)Nc1ccc(Cc2ccc(NC(=S)NC)cc2)cc1. The van der Waals surface area contributed by atoms with E-state index in [1.54, 1.807) is 14.1 Å². The van der Waals surface area contributed by atoms with Crippen LogP contribution < -0.4 is 21.3 Å². The first kappa shape index (κ1) is 17.2. The van der Waals surface area contributed by atoms with Crippen LogP contribution in [0, 0.1) is 0 Å². The molecule has 0 spiro atoms. The standard InChI is InChI=1S/C17H20N4S2/c1-18-16(22)20-14-7-3-12(4-8-14)11-13-5-9-15(10-6-13)21-17(23)19-2/h3-10H,11H2,1-2H3,(H2,18,20,22)(H2,19,21,23). The molecule has 0 radical (unpaired) electrons. The third kappa shape index (κ3) is 5.50. The summed E-state index contributed by atoms with van der Waals surface area (Å²) in [6.45, 7) is 0. The predicted molar refractivity (Wildman–Crippen MR) is 106 cm³/mol. The van der Waals surface area contributed by atoms with Gasteiger partial charge in [-0.15, -0.1) is 0 Å². The van der Waals surface area contributed by atoms with Crippen LogP contribution in [0.15, 0.2) is 48.5 Å². The molecule has 0 bridgehead atoms. The molecule has 0 unspecified atom stereocenters. The van der Waals surface area contributed by atoms with Gasteiger partial charge in [0.2, 0.25) is 0 Å². The average Bonchev–Trinajstić information content (AvgIpc) is 2.58. The summed E-state index contributed by atoms with van der Waals surface area (Å²) in [6, 6.07) is 16.5. The molecule has 23 heavy (non-hydrogen) atoms. The van der Waals surface area contributed by atoms with Crippen molar-refractivity contribution in [1.29, 1.82) is 0 Å². The zero-order chi connectivity index (χ0) is 16.7. The number of benzene rings is 2. The Morgan fingerprint density at radius 3 is 1.35 bits per heavy atom. The van der Waals surface area contributed by atoms with Gasteiger partial charge in [0.25, 0.3) is 0 Å². The molecule has 0 amide bonds. The summed E-state index contributed by atoms with van der Waals surface area (Å²) >= 11 is 10.2. The maximum atomic E-state index is 5.08. The number of anilines is 2. The number of nitrogens with one attached hydrogen (secondary N) is 4. The second kappa shape index (κ2) is 8.45. The molecule has 0 aliphatic carbocycles. The van der Waals surface area contributed by atoms with Crippen LogP contribution in [0.25, 0.3) is 0 Å². The van der Waals surface area contributed by atoms with Gasteiger partial charge in [-0.25, -0.2) is 0 Å². The molecule has 4 N–H and O–H groups in total. The molecule has 120 valence electrons. The van der Waals surface area contributed by atoms with Crippen molar-refractivity contribution in [3.8, 4) is 0 Å². The van der Waals surface area contributed by atoms with E-state index in [1.807, 2.05) is 24.3 Å². The second-order valence-electron chi connectivity index (χ2n) is 4.98. The van der Waals surface area contributed by atoms with Gasteiger partial charge in [-0.05, 0) is 66.2 Å². The van der Waals surface area contributed by atoms with Crippen molar-refractivity contribution in [3.63, 3.8) is 0 Å². The smallest absolute Gasteiger partial charge is 0.170 e. The van der Waals surface area contributed by atoms with E-state index in [-0.39, 0.29) is 0 Å². The molecule has 0 atom stereocenters. The summed E-state index contributed by atoms with van der Waals surface area (Å²) in [4.78, 5) is 0. The summed E-state index contributed by atoms with van der Waals surface area (Å²) in [7, 11) is 3.59. The van der Waals surface area contributed by atoms with Gasteiger partial charge in [0.1, 0.15) is 0 Å². The van der Waals surface area contributed by atoms with Crippen LogP contribution in [0.3, 0.4) is 0 Å². The van der Waals surface area contributed by atoms with E-state index in [0.29, 0.717) is 10.2 Å². The molecule has 2 rings (SSSR count). The Labute approximate surface area is 147 Å². The zero-order valence-corrected chi connectivity index (χ0v) is 14.8. The molecular weight excluding hydrogens is 324 g/mol. The summed E-state index contributed by atoms with van der Waals surface area (Å²) in [5, 5.41) is 13.2. The lowest BCUT2D eigenvalue weighted by Gasteiger charge is -2.09. The lowest BCUT2D eigenvalue weighted by Crippen LogP contribution is -2.24. The molecule has 0 aromatic heterocycles. The molecule has 2 aromatic rings. The van der Waals surface area contributed by atoms with Crippen molar-refractivity contribution < 1.29 is 0 Å². The monoisotopic (exact) mass is 344 g/mol. The minimum Gasteiger partial charge on any atom is -0.366 e. The molecule has 0 saturated heterocycles. The quantitative estimate of drug-likeness (QED) is 0.640. The number of hydrogen-bond donors (Lipinski definition) is 4. The van der Waals surface area contributed by atoms with E-state index >= 15 is 0 Å². The summed E-state index contributed by atoms with van der Waals surface area (Å²) in [6.07, 6.45) is 0.882.